The number of aromatic nitrogens is 1. The van der Waals surface area contributed by atoms with Crippen LogP contribution in [0.2, 0.25) is 0 Å². The van der Waals surface area contributed by atoms with Crippen LogP contribution < -0.4 is 10.5 Å². The number of aryl methyl sites for hydroxylation is 2. The van der Waals surface area contributed by atoms with E-state index in [4.69, 9.17) is 14.9 Å². The Hall–Kier alpha value is -1.81. The van der Waals surface area contributed by atoms with Gasteiger partial charge in [0.2, 0.25) is 0 Å². The summed E-state index contributed by atoms with van der Waals surface area (Å²) >= 11 is 0. The average Bonchev–Trinajstić information content (AvgIpc) is 2.84. The van der Waals surface area contributed by atoms with Gasteiger partial charge in [-0.25, -0.2) is 0 Å². The summed E-state index contributed by atoms with van der Waals surface area (Å²) in [6.07, 6.45) is 2.49. The molecule has 0 aromatic carbocycles. The van der Waals surface area contributed by atoms with Crippen LogP contribution >= 0.6 is 0 Å². The van der Waals surface area contributed by atoms with Crippen molar-refractivity contribution < 1.29 is 9.15 Å². The molecule has 0 bridgehead atoms. The van der Waals surface area contributed by atoms with Crippen molar-refractivity contribution in [1.82, 2.24) is 4.98 Å². The molecular weight excluding hydrogens is 228 g/mol. The van der Waals surface area contributed by atoms with Crippen molar-refractivity contribution in [3.05, 3.63) is 47.2 Å². The molecular formula is C14H18N2O2. The van der Waals surface area contributed by atoms with Gasteiger partial charge in [-0.05, 0) is 31.5 Å². The molecule has 0 fully saturated rings. The molecule has 18 heavy (non-hydrogen) atoms. The Morgan fingerprint density at radius 3 is 2.89 bits per heavy atom. The third-order valence-corrected chi connectivity index (χ3v) is 2.81. The van der Waals surface area contributed by atoms with Crippen LogP contribution in [0.4, 0.5) is 0 Å². The second-order valence-electron chi connectivity index (χ2n) is 4.11. The minimum absolute atomic E-state index is 0.387. The normalized spacial score (nSPS) is 10.6. The van der Waals surface area contributed by atoms with E-state index in [1.165, 1.54) is 0 Å². The van der Waals surface area contributed by atoms with Crippen LogP contribution in [0.15, 0.2) is 28.9 Å². The van der Waals surface area contributed by atoms with E-state index in [0.29, 0.717) is 13.2 Å². The van der Waals surface area contributed by atoms with Gasteiger partial charge in [-0.15, -0.1) is 0 Å². The second-order valence-corrected chi connectivity index (χ2v) is 4.11. The fourth-order valence-electron chi connectivity index (χ4n) is 1.81. The van der Waals surface area contributed by atoms with Gasteiger partial charge in [0.05, 0.1) is 18.5 Å². The number of hydrogen-bond acceptors (Lipinski definition) is 4. The molecule has 4 nitrogen and oxygen atoms in total. The summed E-state index contributed by atoms with van der Waals surface area (Å²) in [6.45, 7) is 4.89. The van der Waals surface area contributed by atoms with Crippen LogP contribution in [0, 0.1) is 6.92 Å². The molecule has 96 valence electrons. The van der Waals surface area contributed by atoms with Crippen molar-refractivity contribution in [2.75, 3.05) is 0 Å². The van der Waals surface area contributed by atoms with Crippen LogP contribution in [0.1, 0.15) is 29.6 Å². The fraction of sp³-hybridized carbons (Fsp3) is 0.357. The summed E-state index contributed by atoms with van der Waals surface area (Å²) in [4.78, 5) is 4.46. The number of nitrogens with zero attached hydrogens (tertiary/aromatic N) is 1. The van der Waals surface area contributed by atoms with Gasteiger partial charge in [0.25, 0.3) is 0 Å². The monoisotopic (exact) mass is 246 g/mol. The van der Waals surface area contributed by atoms with Crippen LogP contribution in [0.25, 0.3) is 0 Å². The third kappa shape index (κ3) is 2.71. The molecule has 2 N–H and O–H groups in total. The summed E-state index contributed by atoms with van der Waals surface area (Å²) in [5, 5.41) is 0. The molecule has 0 saturated heterocycles. The fourth-order valence-corrected chi connectivity index (χ4v) is 1.81. The Balaban J connectivity index is 2.10. The third-order valence-electron chi connectivity index (χ3n) is 2.81. The zero-order valence-corrected chi connectivity index (χ0v) is 10.8. The van der Waals surface area contributed by atoms with Gasteiger partial charge in [0, 0.05) is 11.3 Å². The molecule has 0 spiro atoms. The number of furan rings is 1. The number of pyridine rings is 1. The quantitative estimate of drug-likeness (QED) is 0.880. The minimum atomic E-state index is 0.387. The summed E-state index contributed by atoms with van der Waals surface area (Å²) in [6, 6.07) is 5.80. The Morgan fingerprint density at radius 1 is 1.33 bits per heavy atom. The Bertz CT molecular complexity index is 520. The van der Waals surface area contributed by atoms with E-state index in [9.17, 15) is 0 Å². The largest absolute Gasteiger partial charge is 0.487 e. The molecule has 2 aromatic heterocycles. The highest BCUT2D eigenvalue weighted by atomic mass is 16.5. The Kier molecular flexibility index (Phi) is 3.99. The van der Waals surface area contributed by atoms with Gasteiger partial charge < -0.3 is 14.9 Å². The highest BCUT2D eigenvalue weighted by Gasteiger charge is 2.08. The van der Waals surface area contributed by atoms with E-state index in [2.05, 4.69) is 11.9 Å². The first-order chi connectivity index (χ1) is 8.74. The summed E-state index contributed by atoms with van der Waals surface area (Å²) in [7, 11) is 0. The zero-order valence-electron chi connectivity index (χ0n) is 10.8. The van der Waals surface area contributed by atoms with Gasteiger partial charge >= 0.3 is 0 Å². The van der Waals surface area contributed by atoms with Gasteiger partial charge in [0.1, 0.15) is 18.1 Å². The molecule has 0 radical (unpaired) electrons. The molecule has 0 aliphatic heterocycles. The maximum absolute atomic E-state index is 5.79. The second kappa shape index (κ2) is 5.69. The van der Waals surface area contributed by atoms with E-state index < -0.39 is 0 Å². The van der Waals surface area contributed by atoms with Gasteiger partial charge in [-0.1, -0.05) is 6.92 Å². The van der Waals surface area contributed by atoms with Crippen molar-refractivity contribution in [1.29, 1.82) is 0 Å². The molecule has 0 unspecified atom stereocenters. The van der Waals surface area contributed by atoms with Gasteiger partial charge in [0.15, 0.2) is 0 Å². The number of rotatable bonds is 5. The predicted molar refractivity (Wildman–Crippen MR) is 69.3 cm³/mol. The molecule has 0 aliphatic rings. The molecule has 2 rings (SSSR count). The molecule has 0 saturated carbocycles. The Labute approximate surface area is 107 Å². The minimum Gasteiger partial charge on any atom is -0.487 e. The number of nitrogens with two attached hydrogens (primary N) is 1. The van der Waals surface area contributed by atoms with Crippen molar-refractivity contribution >= 4 is 0 Å². The first-order valence-electron chi connectivity index (χ1n) is 6.09. The van der Waals surface area contributed by atoms with Crippen LogP contribution in [0.3, 0.4) is 0 Å². The number of hydrogen-bond donors (Lipinski definition) is 1. The highest BCUT2D eigenvalue weighted by Crippen LogP contribution is 2.20. The zero-order chi connectivity index (χ0) is 13.0. The smallest absolute Gasteiger partial charge is 0.141 e. The lowest BCUT2D eigenvalue weighted by Gasteiger charge is -2.10. The maximum Gasteiger partial charge on any atom is 0.141 e. The van der Waals surface area contributed by atoms with Crippen LogP contribution in [0.5, 0.6) is 5.75 Å². The first kappa shape index (κ1) is 12.6. The number of ether oxygens (including phenoxy) is 1. The van der Waals surface area contributed by atoms with E-state index in [1.54, 1.807) is 6.26 Å². The van der Waals surface area contributed by atoms with Crippen molar-refractivity contribution in [2.24, 2.45) is 5.73 Å². The lowest BCUT2D eigenvalue weighted by atomic mass is 10.2. The highest BCUT2D eigenvalue weighted by molar-refractivity contribution is 5.30. The lowest BCUT2D eigenvalue weighted by Crippen LogP contribution is -2.04. The van der Waals surface area contributed by atoms with Crippen molar-refractivity contribution in [3.8, 4) is 5.75 Å². The van der Waals surface area contributed by atoms with E-state index >= 15 is 0 Å². The maximum atomic E-state index is 5.79. The van der Waals surface area contributed by atoms with E-state index in [1.807, 2.05) is 25.1 Å². The van der Waals surface area contributed by atoms with Crippen LogP contribution in [-0.4, -0.2) is 4.98 Å². The van der Waals surface area contributed by atoms with Gasteiger partial charge in [-0.2, -0.15) is 0 Å². The van der Waals surface area contributed by atoms with E-state index in [0.717, 1.165) is 34.9 Å². The average molecular weight is 246 g/mol. The lowest BCUT2D eigenvalue weighted by molar-refractivity contribution is 0.297. The molecule has 0 aliphatic carbocycles. The van der Waals surface area contributed by atoms with Crippen LogP contribution in [-0.2, 0) is 19.6 Å². The Morgan fingerprint density at radius 2 is 2.17 bits per heavy atom. The molecule has 4 heteroatoms. The van der Waals surface area contributed by atoms with Crippen molar-refractivity contribution in [2.45, 2.75) is 33.4 Å². The summed E-state index contributed by atoms with van der Waals surface area (Å²) in [5.74, 6) is 1.60. The summed E-state index contributed by atoms with van der Waals surface area (Å²) in [5.41, 5.74) is 8.55. The van der Waals surface area contributed by atoms with E-state index in [-0.39, 0.29) is 0 Å². The molecule has 2 heterocycles. The topological polar surface area (TPSA) is 61.3 Å². The van der Waals surface area contributed by atoms with Gasteiger partial charge in [-0.3, -0.25) is 4.98 Å². The molecule has 2 aromatic rings. The molecule has 0 amide bonds. The first-order valence-corrected chi connectivity index (χ1v) is 6.09. The SMILES string of the molecule is CCc1nc(C)ccc1OCc1ccoc1CN. The standard InChI is InChI=1S/C14H18N2O2/c1-3-12-13(5-4-10(2)16-12)18-9-11-6-7-17-14(11)8-15/h4-7H,3,8-9,15H2,1-2H3. The summed E-state index contributed by atoms with van der Waals surface area (Å²) < 4.78 is 11.0. The predicted octanol–water partition coefficient (Wildman–Crippen LogP) is 2.58. The van der Waals surface area contributed by atoms with Crippen molar-refractivity contribution in [3.63, 3.8) is 0 Å². The molecule has 0 atom stereocenters.